The number of piperidine rings is 1. The summed E-state index contributed by atoms with van der Waals surface area (Å²) in [5.74, 6) is -1.80. The van der Waals surface area contributed by atoms with Crippen LogP contribution in [-0.2, 0) is 9.47 Å². The summed E-state index contributed by atoms with van der Waals surface area (Å²) in [5, 5.41) is 3.60. The van der Waals surface area contributed by atoms with Crippen LogP contribution in [-0.4, -0.2) is 67.3 Å². The number of anilines is 1. The van der Waals surface area contributed by atoms with E-state index in [0.717, 1.165) is 23.5 Å². The Morgan fingerprint density at radius 2 is 1.75 bits per heavy atom. The fourth-order valence-electron chi connectivity index (χ4n) is 6.44. The molecular weight excluding hydrogens is 696 g/mol. The van der Waals surface area contributed by atoms with Crippen molar-refractivity contribution in [2.75, 3.05) is 18.6 Å². The smallest absolute Gasteiger partial charge is 0.420 e. The molecule has 0 aliphatic carbocycles. The molecule has 15 heteroatoms. The molecule has 1 amide bonds. The van der Waals surface area contributed by atoms with Crippen molar-refractivity contribution in [1.29, 1.82) is 0 Å². The number of aromatic nitrogens is 5. The van der Waals surface area contributed by atoms with E-state index in [0.29, 0.717) is 41.1 Å². The number of carbonyl (C=O) groups excluding carboxylic acids is 2. The zero-order valence-corrected chi connectivity index (χ0v) is 31.1. The van der Waals surface area contributed by atoms with Crippen molar-refractivity contribution >= 4 is 51.5 Å². The minimum atomic E-state index is -1.20. The molecule has 4 aromatic heterocycles. The van der Waals surface area contributed by atoms with Crippen LogP contribution in [0.15, 0.2) is 43.1 Å². The van der Waals surface area contributed by atoms with Gasteiger partial charge in [-0.05, 0) is 79.9 Å². The number of nitrogens with zero attached hydrogens (tertiary/aromatic N) is 6. The van der Waals surface area contributed by atoms with Crippen molar-refractivity contribution in [3.63, 3.8) is 0 Å². The molecular formula is C37H42ClF2N7O5. The summed E-state index contributed by atoms with van der Waals surface area (Å²) in [6.45, 7) is 12.8. The van der Waals surface area contributed by atoms with E-state index in [-0.39, 0.29) is 27.2 Å². The number of rotatable bonds is 6. The largest absolute Gasteiger partial charge is 0.495 e. The molecule has 1 aliphatic rings. The quantitative estimate of drug-likeness (QED) is 0.182. The molecule has 0 radical (unpaired) electrons. The molecule has 52 heavy (non-hydrogen) atoms. The van der Waals surface area contributed by atoms with Gasteiger partial charge in [0.2, 0.25) is 0 Å². The van der Waals surface area contributed by atoms with Crippen molar-refractivity contribution in [3.8, 4) is 16.9 Å². The second-order valence-corrected chi connectivity index (χ2v) is 15.2. The molecule has 1 aromatic carbocycles. The molecule has 12 nitrogen and oxygen atoms in total. The molecule has 2 unspecified atom stereocenters. The molecule has 0 saturated carbocycles. The molecule has 276 valence electrons. The van der Waals surface area contributed by atoms with Crippen LogP contribution in [0.4, 0.5) is 24.1 Å². The average Bonchev–Trinajstić information content (AvgIpc) is 3.66. The topological polar surface area (TPSA) is 126 Å². The first-order chi connectivity index (χ1) is 24.5. The van der Waals surface area contributed by atoms with E-state index in [9.17, 15) is 9.59 Å². The van der Waals surface area contributed by atoms with E-state index in [1.54, 1.807) is 77.7 Å². The lowest BCUT2D eigenvalue weighted by Gasteiger charge is -2.39. The Balaban J connectivity index is 1.62. The number of methoxy groups -OCH3 is 1. The van der Waals surface area contributed by atoms with E-state index in [1.165, 1.54) is 12.5 Å². The minimum Gasteiger partial charge on any atom is -0.495 e. The van der Waals surface area contributed by atoms with Crippen LogP contribution in [0.3, 0.4) is 0 Å². The number of hydrogen-bond donors (Lipinski definition) is 1. The third-order valence-electron chi connectivity index (χ3n) is 8.68. The van der Waals surface area contributed by atoms with Crippen molar-refractivity contribution in [2.24, 2.45) is 0 Å². The van der Waals surface area contributed by atoms with Gasteiger partial charge in [0.1, 0.15) is 40.6 Å². The van der Waals surface area contributed by atoms with Gasteiger partial charge in [0.25, 0.3) is 0 Å². The third kappa shape index (κ3) is 7.21. The predicted octanol–water partition coefficient (Wildman–Crippen LogP) is 8.62. The molecule has 1 N–H and O–H groups in total. The molecule has 1 saturated heterocycles. The first-order valence-corrected chi connectivity index (χ1v) is 17.4. The van der Waals surface area contributed by atoms with Crippen molar-refractivity contribution < 1.29 is 32.6 Å². The first kappa shape index (κ1) is 36.8. The number of hydrogen-bond acceptors (Lipinski definition) is 9. The summed E-state index contributed by atoms with van der Waals surface area (Å²) < 4.78 is 51.4. The van der Waals surface area contributed by atoms with E-state index >= 15 is 8.78 Å². The molecule has 0 spiro atoms. The second-order valence-electron chi connectivity index (χ2n) is 14.8. The van der Waals surface area contributed by atoms with Gasteiger partial charge < -0.3 is 29.0 Å². The summed E-state index contributed by atoms with van der Waals surface area (Å²) in [4.78, 5) is 41.9. The van der Waals surface area contributed by atoms with Gasteiger partial charge in [0.05, 0.1) is 58.4 Å². The number of amides is 1. The number of carbonyl (C=O) groups is 2. The Morgan fingerprint density at radius 1 is 1.02 bits per heavy atom. The molecule has 0 bridgehead atoms. The monoisotopic (exact) mass is 737 g/mol. The molecule has 6 rings (SSSR count). The fraction of sp³-hybridized carbons (Fsp3) is 0.432. The van der Waals surface area contributed by atoms with Crippen LogP contribution in [0.2, 0.25) is 5.02 Å². The standard InChI is InChI=1S/C37H42ClF2N7O5/c1-20(25-13-12-21(50-8)16-41-25)46-18-22(28-30(40)24(39)15-26-31(28)43-19-47(26)35(49)52-37(5,6)7)29-32(23(38)17-42-33(29)46)45-14-10-9-11-27(45)44-34(48)51-36(2,3)4/h12-13,15-20,27H,9-11,14H2,1-8H3,(H,44,48). The van der Waals surface area contributed by atoms with Crippen LogP contribution in [0.1, 0.15) is 79.5 Å². The number of benzene rings is 1. The predicted molar refractivity (Wildman–Crippen MR) is 194 cm³/mol. The third-order valence-corrected chi connectivity index (χ3v) is 8.95. The summed E-state index contributed by atoms with van der Waals surface area (Å²) in [7, 11) is 1.55. The Morgan fingerprint density at radius 3 is 2.40 bits per heavy atom. The summed E-state index contributed by atoms with van der Waals surface area (Å²) in [6, 6.07) is 4.04. The van der Waals surface area contributed by atoms with E-state index in [1.807, 2.05) is 11.8 Å². The SMILES string of the molecule is COc1ccc(C(C)n2cc(-c3c(F)c(F)cc4c3ncn4C(=O)OC(C)(C)C)c3c(N4CCCCC4NC(=O)OC(C)(C)C)c(Cl)cnc32)nc1. The van der Waals surface area contributed by atoms with E-state index in [2.05, 4.69) is 15.3 Å². The highest BCUT2D eigenvalue weighted by Crippen LogP contribution is 2.46. The van der Waals surface area contributed by atoms with Crippen molar-refractivity contribution in [1.82, 2.24) is 29.4 Å². The van der Waals surface area contributed by atoms with Crippen molar-refractivity contribution in [2.45, 2.75) is 91.1 Å². The maximum Gasteiger partial charge on any atom is 0.420 e. The maximum absolute atomic E-state index is 16.4. The number of ether oxygens (including phenoxy) is 3. The lowest BCUT2D eigenvalue weighted by molar-refractivity contribution is 0.0493. The molecule has 5 aromatic rings. The highest BCUT2D eigenvalue weighted by Gasteiger charge is 2.34. The Hall–Kier alpha value is -4.98. The average molecular weight is 738 g/mol. The van der Waals surface area contributed by atoms with Gasteiger partial charge in [0, 0.05) is 24.4 Å². The summed E-state index contributed by atoms with van der Waals surface area (Å²) in [5.41, 5.74) is -0.0465. The number of fused-ring (bicyclic) bond motifs is 2. The molecule has 2 atom stereocenters. The van der Waals surface area contributed by atoms with Gasteiger partial charge in [-0.25, -0.2) is 32.9 Å². The Bertz CT molecular complexity index is 2150. The zero-order chi connectivity index (χ0) is 37.7. The van der Waals surface area contributed by atoms with Gasteiger partial charge in [-0.1, -0.05) is 11.6 Å². The number of halogens is 3. The maximum atomic E-state index is 16.4. The number of pyridine rings is 2. The lowest BCUT2D eigenvalue weighted by atomic mass is 10.00. The van der Waals surface area contributed by atoms with Crippen LogP contribution in [0.5, 0.6) is 5.75 Å². The van der Waals surface area contributed by atoms with Gasteiger partial charge in [0.15, 0.2) is 11.6 Å². The van der Waals surface area contributed by atoms with Crippen LogP contribution in [0.25, 0.3) is 33.2 Å². The Kier molecular flexibility index (Phi) is 9.81. The zero-order valence-electron chi connectivity index (χ0n) is 30.4. The van der Waals surface area contributed by atoms with Crippen molar-refractivity contribution in [3.05, 3.63) is 65.5 Å². The number of nitrogens with one attached hydrogen (secondary N) is 1. The molecule has 5 heterocycles. The summed E-state index contributed by atoms with van der Waals surface area (Å²) in [6.07, 6.45) is 6.14. The van der Waals surface area contributed by atoms with Gasteiger partial charge in [-0.2, -0.15) is 0 Å². The van der Waals surface area contributed by atoms with Crippen LogP contribution in [0, 0.1) is 11.6 Å². The normalized spacial score (nSPS) is 15.9. The number of imidazole rings is 1. The van der Waals surface area contributed by atoms with Gasteiger partial charge >= 0.3 is 12.2 Å². The Labute approximate surface area is 305 Å². The molecule has 1 fully saturated rings. The second kappa shape index (κ2) is 13.9. The summed E-state index contributed by atoms with van der Waals surface area (Å²) >= 11 is 7.01. The lowest BCUT2D eigenvalue weighted by Crippen LogP contribution is -2.52. The number of alkyl carbamates (subject to hydrolysis) is 1. The van der Waals surface area contributed by atoms with Crippen LogP contribution < -0.4 is 15.0 Å². The van der Waals surface area contributed by atoms with E-state index in [4.69, 9.17) is 30.8 Å². The minimum absolute atomic E-state index is 0.00731. The fourth-order valence-corrected chi connectivity index (χ4v) is 6.69. The highest BCUT2D eigenvalue weighted by molar-refractivity contribution is 6.35. The van der Waals surface area contributed by atoms with Crippen LogP contribution >= 0.6 is 11.6 Å². The van der Waals surface area contributed by atoms with E-state index < -0.39 is 47.2 Å². The van der Waals surface area contributed by atoms with Gasteiger partial charge in [-0.15, -0.1) is 0 Å². The van der Waals surface area contributed by atoms with Gasteiger partial charge in [-0.3, -0.25) is 4.98 Å². The first-order valence-electron chi connectivity index (χ1n) is 17.0. The highest BCUT2D eigenvalue weighted by atomic mass is 35.5. The molecule has 1 aliphatic heterocycles.